The van der Waals surface area contributed by atoms with Crippen LogP contribution in [-0.2, 0) is 12.8 Å². The van der Waals surface area contributed by atoms with Gasteiger partial charge in [-0.05, 0) is 69.2 Å². The lowest BCUT2D eigenvalue weighted by molar-refractivity contribution is 0.372. The van der Waals surface area contributed by atoms with E-state index in [-0.39, 0.29) is 11.3 Å². The van der Waals surface area contributed by atoms with Crippen LogP contribution in [0.4, 0.5) is 0 Å². The van der Waals surface area contributed by atoms with Crippen molar-refractivity contribution in [1.29, 1.82) is 0 Å². The van der Waals surface area contributed by atoms with E-state index in [0.717, 1.165) is 35.9 Å². The number of benzene rings is 1. The number of fused-ring (bicyclic) bond motifs is 3. The summed E-state index contributed by atoms with van der Waals surface area (Å²) in [6.07, 6.45) is 5.46. The molecule has 2 N–H and O–H groups in total. The Kier molecular flexibility index (Phi) is 4.83. The molecule has 0 bridgehead atoms. The van der Waals surface area contributed by atoms with Crippen LogP contribution in [0, 0.1) is 0 Å². The molecule has 4 rings (SSSR count). The van der Waals surface area contributed by atoms with Crippen molar-refractivity contribution in [3.8, 4) is 22.9 Å². The van der Waals surface area contributed by atoms with Crippen molar-refractivity contribution in [2.45, 2.75) is 32.1 Å². The number of nitrogens with zero attached hydrogens (tertiary/aromatic N) is 1. The minimum absolute atomic E-state index is 0.00520. The van der Waals surface area contributed by atoms with Gasteiger partial charge >= 0.3 is 0 Å². The topological polar surface area (TPSA) is 75.2 Å². The maximum absolute atomic E-state index is 12.8. The van der Waals surface area contributed by atoms with Crippen LogP contribution in [-0.4, -0.2) is 22.2 Å². The Morgan fingerprint density at radius 3 is 2.77 bits per heavy atom. The summed E-state index contributed by atoms with van der Waals surface area (Å²) in [5.41, 5.74) is 1.71. The first kappa shape index (κ1) is 18.0. The molecule has 26 heavy (non-hydrogen) atoms. The SMILES string of the molecule is COc1cc(-c2nc3sc4c(c3c(=O)[nH]2)CCCCC4)c(Br)c(Br)c1O. The van der Waals surface area contributed by atoms with Gasteiger partial charge < -0.3 is 14.8 Å². The Bertz CT molecular complexity index is 1070. The molecule has 136 valence electrons. The van der Waals surface area contributed by atoms with Crippen molar-refractivity contribution < 1.29 is 9.84 Å². The Labute approximate surface area is 170 Å². The predicted molar refractivity (Wildman–Crippen MR) is 111 cm³/mol. The maximum Gasteiger partial charge on any atom is 0.260 e. The molecule has 3 aromatic rings. The lowest BCUT2D eigenvalue weighted by Crippen LogP contribution is -2.10. The molecular formula is C18H16Br2N2O3S. The number of nitrogens with one attached hydrogen (secondary N) is 1. The summed E-state index contributed by atoms with van der Waals surface area (Å²) in [5.74, 6) is 0.749. The fourth-order valence-electron chi connectivity index (χ4n) is 3.39. The van der Waals surface area contributed by atoms with Gasteiger partial charge in [0, 0.05) is 14.9 Å². The fourth-order valence-corrected chi connectivity index (χ4v) is 5.55. The minimum atomic E-state index is -0.112. The average molecular weight is 500 g/mol. The highest BCUT2D eigenvalue weighted by Crippen LogP contribution is 2.45. The van der Waals surface area contributed by atoms with Crippen LogP contribution in [0.3, 0.4) is 0 Å². The van der Waals surface area contributed by atoms with Crippen molar-refractivity contribution in [2.24, 2.45) is 0 Å². The molecule has 0 aliphatic heterocycles. The lowest BCUT2D eigenvalue weighted by Gasteiger charge is -2.11. The molecule has 0 amide bonds. The molecule has 0 spiro atoms. The Hall–Kier alpha value is -1.38. The van der Waals surface area contributed by atoms with Crippen LogP contribution in [0.25, 0.3) is 21.6 Å². The second-order valence-electron chi connectivity index (χ2n) is 6.26. The highest BCUT2D eigenvalue weighted by molar-refractivity contribution is 9.13. The van der Waals surface area contributed by atoms with Crippen molar-refractivity contribution in [2.75, 3.05) is 7.11 Å². The number of aromatic hydroxyl groups is 1. The van der Waals surface area contributed by atoms with E-state index in [2.05, 4.69) is 36.8 Å². The zero-order chi connectivity index (χ0) is 18.4. The third-order valence-corrected chi connectivity index (χ3v) is 8.01. The first-order valence-corrected chi connectivity index (χ1v) is 10.7. The number of aryl methyl sites for hydroxylation is 2. The zero-order valence-corrected chi connectivity index (χ0v) is 18.0. The third-order valence-electron chi connectivity index (χ3n) is 4.70. The smallest absolute Gasteiger partial charge is 0.260 e. The van der Waals surface area contributed by atoms with E-state index in [9.17, 15) is 9.90 Å². The fraction of sp³-hybridized carbons (Fsp3) is 0.333. The summed E-state index contributed by atoms with van der Waals surface area (Å²) in [4.78, 5) is 22.5. The van der Waals surface area contributed by atoms with Gasteiger partial charge in [0.2, 0.25) is 0 Å². The number of hydrogen-bond donors (Lipinski definition) is 2. The van der Waals surface area contributed by atoms with E-state index in [1.165, 1.54) is 24.0 Å². The number of rotatable bonds is 2. The van der Waals surface area contributed by atoms with E-state index in [1.54, 1.807) is 17.4 Å². The molecule has 0 atom stereocenters. The number of phenols is 1. The maximum atomic E-state index is 12.8. The number of thiophene rings is 1. The predicted octanol–water partition coefficient (Wildman–Crippen LogP) is 5.16. The van der Waals surface area contributed by atoms with E-state index in [0.29, 0.717) is 26.1 Å². The zero-order valence-electron chi connectivity index (χ0n) is 14.0. The highest BCUT2D eigenvalue weighted by Gasteiger charge is 2.22. The van der Waals surface area contributed by atoms with Gasteiger partial charge in [0.25, 0.3) is 5.56 Å². The summed E-state index contributed by atoms with van der Waals surface area (Å²) in [7, 11) is 1.48. The molecule has 0 unspecified atom stereocenters. The van der Waals surface area contributed by atoms with Crippen LogP contribution in [0.1, 0.15) is 29.7 Å². The van der Waals surface area contributed by atoms with Gasteiger partial charge in [-0.1, -0.05) is 6.42 Å². The summed E-state index contributed by atoms with van der Waals surface area (Å²) in [6.45, 7) is 0. The van der Waals surface area contributed by atoms with Gasteiger partial charge in [-0.2, -0.15) is 0 Å². The van der Waals surface area contributed by atoms with Crippen molar-refractivity contribution in [3.05, 3.63) is 35.8 Å². The number of H-pyrrole nitrogens is 1. The van der Waals surface area contributed by atoms with Crippen LogP contribution < -0.4 is 10.3 Å². The van der Waals surface area contributed by atoms with Gasteiger partial charge in [0.05, 0.1) is 17.0 Å². The Morgan fingerprint density at radius 2 is 2.00 bits per heavy atom. The molecule has 2 aromatic heterocycles. The second-order valence-corrected chi connectivity index (χ2v) is 8.93. The van der Waals surface area contributed by atoms with Crippen LogP contribution in [0.5, 0.6) is 11.5 Å². The molecule has 2 heterocycles. The molecular weight excluding hydrogens is 484 g/mol. The van der Waals surface area contributed by atoms with E-state index in [1.807, 2.05) is 0 Å². The first-order chi connectivity index (χ1) is 12.5. The molecule has 1 aliphatic carbocycles. The van der Waals surface area contributed by atoms with Crippen LogP contribution in [0.15, 0.2) is 19.8 Å². The standard InChI is InChI=1S/C18H16Br2N2O3S/c1-25-10-7-9(13(19)14(20)15(10)23)16-21-17(24)12-8-5-3-2-4-6-11(8)26-18(12)22-16/h7,23H,2-6H2,1H3,(H,21,22,24). The molecule has 5 nitrogen and oxygen atoms in total. The molecule has 8 heteroatoms. The van der Waals surface area contributed by atoms with Crippen LogP contribution in [0.2, 0.25) is 0 Å². The summed E-state index contributed by atoms with van der Waals surface area (Å²) in [6, 6.07) is 1.66. The monoisotopic (exact) mass is 498 g/mol. The summed E-state index contributed by atoms with van der Waals surface area (Å²) < 4.78 is 6.29. The van der Waals surface area contributed by atoms with Gasteiger partial charge in [-0.25, -0.2) is 4.98 Å². The minimum Gasteiger partial charge on any atom is -0.503 e. The lowest BCUT2D eigenvalue weighted by atomic mass is 10.1. The van der Waals surface area contributed by atoms with Crippen molar-refractivity contribution in [3.63, 3.8) is 0 Å². The van der Waals surface area contributed by atoms with Gasteiger partial charge in [0.1, 0.15) is 10.7 Å². The normalized spacial score (nSPS) is 14.3. The molecule has 0 radical (unpaired) electrons. The largest absolute Gasteiger partial charge is 0.503 e. The number of phenolic OH excluding ortho intramolecular Hbond substituents is 1. The third kappa shape index (κ3) is 2.88. The summed E-state index contributed by atoms with van der Waals surface area (Å²) >= 11 is 8.43. The van der Waals surface area contributed by atoms with E-state index >= 15 is 0 Å². The number of ether oxygens (including phenoxy) is 1. The summed E-state index contributed by atoms with van der Waals surface area (Å²) in [5, 5.41) is 10.9. The second kappa shape index (κ2) is 6.98. The number of hydrogen-bond acceptors (Lipinski definition) is 5. The number of methoxy groups -OCH3 is 1. The Morgan fingerprint density at radius 1 is 1.23 bits per heavy atom. The number of aromatic nitrogens is 2. The van der Waals surface area contributed by atoms with Gasteiger partial charge in [0.15, 0.2) is 11.5 Å². The molecule has 0 saturated heterocycles. The number of aromatic amines is 1. The molecule has 0 fully saturated rings. The van der Waals surface area contributed by atoms with Crippen molar-refractivity contribution >= 4 is 53.4 Å². The Balaban J connectivity index is 1.95. The quantitative estimate of drug-likeness (QED) is 0.477. The molecule has 1 aromatic carbocycles. The van der Waals surface area contributed by atoms with Gasteiger partial charge in [-0.3, -0.25) is 4.79 Å². The van der Waals surface area contributed by atoms with E-state index in [4.69, 9.17) is 9.72 Å². The average Bonchev–Trinajstić information content (AvgIpc) is 2.82. The van der Waals surface area contributed by atoms with Gasteiger partial charge in [-0.15, -0.1) is 11.3 Å². The molecule has 1 aliphatic rings. The first-order valence-electron chi connectivity index (χ1n) is 8.31. The highest BCUT2D eigenvalue weighted by atomic mass is 79.9. The number of halogens is 2. The van der Waals surface area contributed by atoms with E-state index < -0.39 is 0 Å². The molecule has 0 saturated carbocycles. The van der Waals surface area contributed by atoms with Crippen LogP contribution >= 0.6 is 43.2 Å². The van der Waals surface area contributed by atoms with Crippen molar-refractivity contribution in [1.82, 2.24) is 9.97 Å².